The minimum absolute atomic E-state index is 0.0273. The molecule has 11 heteroatoms. The first-order valence-electron chi connectivity index (χ1n) is 11.8. The molecule has 194 valence electrons. The van der Waals surface area contributed by atoms with Crippen molar-refractivity contribution in [3.8, 4) is 5.75 Å². The Morgan fingerprint density at radius 2 is 2.11 bits per heavy atom. The van der Waals surface area contributed by atoms with Crippen molar-refractivity contribution in [2.75, 3.05) is 23.8 Å². The van der Waals surface area contributed by atoms with Gasteiger partial charge in [-0.15, -0.1) is 0 Å². The summed E-state index contributed by atoms with van der Waals surface area (Å²) in [4.78, 5) is 31.9. The quantitative estimate of drug-likeness (QED) is 0.221. The van der Waals surface area contributed by atoms with Crippen LogP contribution >= 0.6 is 11.6 Å². The zero-order chi connectivity index (χ0) is 26.2. The first-order valence-corrected chi connectivity index (χ1v) is 12.2. The average Bonchev–Trinajstić information content (AvgIpc) is 3.37. The molecule has 1 aromatic heterocycles. The number of aliphatic carboxylic acids is 1. The van der Waals surface area contributed by atoms with Gasteiger partial charge in [0.05, 0.1) is 29.4 Å². The predicted octanol–water partition coefficient (Wildman–Crippen LogP) is 5.47. The third-order valence-corrected chi connectivity index (χ3v) is 5.93. The van der Waals surface area contributed by atoms with E-state index in [1.807, 2.05) is 0 Å². The topological polar surface area (TPSA) is 123 Å². The van der Waals surface area contributed by atoms with Gasteiger partial charge in [-0.25, -0.2) is 14.4 Å². The largest absolute Gasteiger partial charge is 0.486 e. The number of amides is 1. The van der Waals surface area contributed by atoms with E-state index in [1.54, 1.807) is 18.2 Å². The lowest BCUT2D eigenvalue weighted by molar-refractivity contribution is -0.137. The number of ether oxygens (including phenoxy) is 2. The normalized spacial score (nSPS) is 15.2. The molecule has 0 bridgehead atoms. The number of rotatable bonds is 11. The Labute approximate surface area is 217 Å². The SMILES string of the molecule is O=C(O)CCCC/C=C/C(=O)Nc1cc2c(Nc3ccc(F)c(Cl)c3)ncnc2cc1O[C@@H]1CCOC1. The summed E-state index contributed by atoms with van der Waals surface area (Å²) in [6.45, 7) is 1.05. The second kappa shape index (κ2) is 12.5. The van der Waals surface area contributed by atoms with Crippen LogP contribution in [0.5, 0.6) is 5.75 Å². The molecule has 0 aliphatic carbocycles. The lowest BCUT2D eigenvalue weighted by atomic mass is 10.1. The summed E-state index contributed by atoms with van der Waals surface area (Å²) in [6.07, 6.45) is 6.98. The molecule has 0 spiro atoms. The molecule has 1 amide bonds. The maximum Gasteiger partial charge on any atom is 0.303 e. The number of aromatic nitrogens is 2. The number of carboxylic acids is 1. The van der Waals surface area contributed by atoms with E-state index in [-0.39, 0.29) is 23.5 Å². The van der Waals surface area contributed by atoms with Gasteiger partial charge in [0, 0.05) is 30.0 Å². The van der Waals surface area contributed by atoms with Crippen molar-refractivity contribution >= 4 is 51.6 Å². The number of fused-ring (bicyclic) bond motifs is 1. The lowest BCUT2D eigenvalue weighted by Gasteiger charge is -2.17. The first-order chi connectivity index (χ1) is 17.9. The van der Waals surface area contributed by atoms with Crippen molar-refractivity contribution in [1.29, 1.82) is 0 Å². The highest BCUT2D eigenvalue weighted by molar-refractivity contribution is 6.31. The summed E-state index contributed by atoms with van der Waals surface area (Å²) in [7, 11) is 0. The summed E-state index contributed by atoms with van der Waals surface area (Å²) in [5.41, 5.74) is 1.53. The molecule has 3 N–H and O–H groups in total. The maximum atomic E-state index is 13.6. The van der Waals surface area contributed by atoms with Crippen LogP contribution in [-0.2, 0) is 14.3 Å². The van der Waals surface area contributed by atoms with Crippen LogP contribution in [0.1, 0.15) is 32.1 Å². The first kappa shape index (κ1) is 26.3. The predicted molar refractivity (Wildman–Crippen MR) is 138 cm³/mol. The molecule has 0 saturated carbocycles. The molecule has 3 aromatic rings. The zero-order valence-corrected chi connectivity index (χ0v) is 20.6. The molecule has 1 saturated heterocycles. The summed E-state index contributed by atoms with van der Waals surface area (Å²) in [5, 5.41) is 15.3. The van der Waals surface area contributed by atoms with Gasteiger partial charge >= 0.3 is 5.97 Å². The number of nitrogens with zero attached hydrogens (tertiary/aromatic N) is 2. The van der Waals surface area contributed by atoms with Crippen LogP contribution in [0.25, 0.3) is 10.9 Å². The van der Waals surface area contributed by atoms with Crippen molar-refractivity contribution in [2.45, 2.75) is 38.2 Å². The highest BCUT2D eigenvalue weighted by Gasteiger charge is 2.20. The standard InChI is InChI=1S/C26H26ClFN4O5/c27-19-11-16(7-8-20(19)28)31-26-18-12-22(32-24(33)5-3-1-2-4-6-25(34)35)23(13-21(18)29-15-30-26)37-17-9-10-36-14-17/h3,5,7-8,11-13,15,17H,1-2,4,6,9-10,14H2,(H,32,33)(H,34,35)(H,29,30,31)/b5-3+/t17-/m1/s1. The fraction of sp³-hybridized carbons (Fsp3) is 0.308. The number of benzene rings is 2. The number of carbonyl (C=O) groups is 2. The number of unbranched alkanes of at least 4 members (excludes halogenated alkanes) is 2. The van der Waals surface area contributed by atoms with Crippen LogP contribution in [0.3, 0.4) is 0 Å². The summed E-state index contributed by atoms with van der Waals surface area (Å²) < 4.78 is 25.1. The molecule has 1 fully saturated rings. The molecule has 37 heavy (non-hydrogen) atoms. The molecule has 9 nitrogen and oxygen atoms in total. The van der Waals surface area contributed by atoms with Crippen LogP contribution in [0.2, 0.25) is 5.02 Å². The Balaban J connectivity index is 1.57. The van der Waals surface area contributed by atoms with Crippen LogP contribution < -0.4 is 15.4 Å². The Morgan fingerprint density at radius 1 is 1.24 bits per heavy atom. The van der Waals surface area contributed by atoms with E-state index in [9.17, 15) is 14.0 Å². The van der Waals surface area contributed by atoms with Crippen molar-refractivity contribution < 1.29 is 28.6 Å². The van der Waals surface area contributed by atoms with Gasteiger partial charge in [0.1, 0.15) is 29.8 Å². The second-order valence-corrected chi connectivity index (χ2v) is 8.88. The molecule has 0 radical (unpaired) electrons. The number of hydrogen-bond donors (Lipinski definition) is 3. The molecular weight excluding hydrogens is 503 g/mol. The summed E-state index contributed by atoms with van der Waals surface area (Å²) in [6, 6.07) is 7.68. The van der Waals surface area contributed by atoms with Crippen molar-refractivity contribution in [3.05, 3.63) is 59.7 Å². The molecule has 2 aromatic carbocycles. The van der Waals surface area contributed by atoms with Crippen LogP contribution in [-0.4, -0.2) is 46.3 Å². The van der Waals surface area contributed by atoms with Crippen molar-refractivity contribution in [1.82, 2.24) is 9.97 Å². The Hall–Kier alpha value is -3.76. The van der Waals surface area contributed by atoms with Gasteiger partial charge in [-0.3, -0.25) is 9.59 Å². The Morgan fingerprint density at radius 3 is 2.86 bits per heavy atom. The molecule has 2 heterocycles. The molecule has 1 aliphatic rings. The van der Waals surface area contributed by atoms with Gasteiger partial charge in [-0.2, -0.15) is 0 Å². The van der Waals surface area contributed by atoms with E-state index in [0.717, 1.165) is 6.42 Å². The third kappa shape index (κ3) is 7.37. The highest BCUT2D eigenvalue weighted by Crippen LogP contribution is 2.35. The van der Waals surface area contributed by atoms with Crippen molar-refractivity contribution in [2.24, 2.45) is 0 Å². The monoisotopic (exact) mass is 528 g/mol. The number of allylic oxidation sites excluding steroid dienone is 1. The van der Waals surface area contributed by atoms with Gasteiger partial charge in [0.25, 0.3) is 0 Å². The lowest BCUT2D eigenvalue weighted by Crippen LogP contribution is -2.18. The van der Waals surface area contributed by atoms with E-state index in [1.165, 1.54) is 30.6 Å². The van der Waals surface area contributed by atoms with Crippen LogP contribution in [0.15, 0.2) is 48.8 Å². The zero-order valence-electron chi connectivity index (χ0n) is 19.9. The second-order valence-electron chi connectivity index (χ2n) is 8.48. The van der Waals surface area contributed by atoms with Gasteiger partial charge in [-0.1, -0.05) is 17.7 Å². The number of nitrogens with one attached hydrogen (secondary N) is 2. The van der Waals surface area contributed by atoms with E-state index in [4.69, 9.17) is 26.2 Å². The van der Waals surface area contributed by atoms with E-state index in [2.05, 4.69) is 20.6 Å². The number of halogens is 2. The third-order valence-electron chi connectivity index (χ3n) is 5.64. The fourth-order valence-corrected chi connectivity index (χ4v) is 3.96. The number of hydrogen-bond acceptors (Lipinski definition) is 7. The average molecular weight is 529 g/mol. The number of anilines is 3. The smallest absolute Gasteiger partial charge is 0.303 e. The summed E-state index contributed by atoms with van der Waals surface area (Å²) >= 11 is 5.91. The van der Waals surface area contributed by atoms with Crippen LogP contribution in [0.4, 0.5) is 21.6 Å². The highest BCUT2D eigenvalue weighted by atomic mass is 35.5. The molecule has 0 unspecified atom stereocenters. The van der Waals surface area contributed by atoms with Gasteiger partial charge in [-0.05, 0) is 49.6 Å². The number of carbonyl (C=O) groups excluding carboxylic acids is 1. The molecular formula is C26H26ClFN4O5. The van der Waals surface area contributed by atoms with Crippen molar-refractivity contribution in [3.63, 3.8) is 0 Å². The fourth-order valence-electron chi connectivity index (χ4n) is 3.78. The van der Waals surface area contributed by atoms with E-state index in [0.29, 0.717) is 66.3 Å². The molecule has 1 atom stereocenters. The van der Waals surface area contributed by atoms with Crippen LogP contribution in [0, 0.1) is 5.82 Å². The Bertz CT molecular complexity index is 1310. The Kier molecular flexibility index (Phi) is 8.86. The number of carboxylic acid groups (broad SMARTS) is 1. The van der Waals surface area contributed by atoms with E-state index >= 15 is 0 Å². The molecule has 4 rings (SSSR count). The van der Waals surface area contributed by atoms with Gasteiger partial charge in [0.15, 0.2) is 0 Å². The molecule has 1 aliphatic heterocycles. The van der Waals surface area contributed by atoms with Gasteiger partial charge in [0.2, 0.25) is 5.91 Å². The van der Waals surface area contributed by atoms with Gasteiger partial charge < -0.3 is 25.2 Å². The minimum Gasteiger partial charge on any atom is -0.486 e. The maximum absolute atomic E-state index is 13.6. The van der Waals surface area contributed by atoms with E-state index < -0.39 is 11.8 Å². The summed E-state index contributed by atoms with van der Waals surface area (Å²) in [5.74, 6) is -0.841. The minimum atomic E-state index is -0.835.